The number of aliphatic hydroxyl groups is 1. The van der Waals surface area contributed by atoms with Gasteiger partial charge in [-0.2, -0.15) is 0 Å². The zero-order valence-electron chi connectivity index (χ0n) is 19.5. The first kappa shape index (κ1) is 23.3. The Morgan fingerprint density at radius 2 is 1.74 bits per heavy atom. The number of ether oxygens (including phenoxy) is 1. The van der Waals surface area contributed by atoms with Gasteiger partial charge in [-0.1, -0.05) is 42.5 Å². The van der Waals surface area contributed by atoms with Gasteiger partial charge in [0, 0.05) is 11.9 Å². The summed E-state index contributed by atoms with van der Waals surface area (Å²) in [4.78, 5) is 29.7. The molecule has 0 bridgehead atoms. The molecular weight excluding hydrogens is 432 g/mol. The lowest BCUT2D eigenvalue weighted by Crippen LogP contribution is -2.32. The van der Waals surface area contributed by atoms with E-state index in [1.54, 1.807) is 55.6 Å². The number of rotatable bonds is 7. The lowest BCUT2D eigenvalue weighted by atomic mass is 9.94. The third kappa shape index (κ3) is 4.22. The standard InChI is InChI=1S/C27H28N2O5/c1-28(2)15-6-16-29-23(18-9-12-19(34-3)13-10-18)22(26(32)27(29)33)25(31)21-14-11-17-7-4-5-8-20(17)24(21)30/h4-5,7-14,23,30-31H,6,15-16H2,1-3H3/t23-/m0/s1. The fraction of sp³-hybridized carbons (Fsp3) is 0.259. The second-order valence-corrected chi connectivity index (χ2v) is 8.61. The summed E-state index contributed by atoms with van der Waals surface area (Å²) in [6.07, 6.45) is 0.661. The molecule has 34 heavy (non-hydrogen) atoms. The zero-order valence-corrected chi connectivity index (χ0v) is 19.5. The second kappa shape index (κ2) is 9.57. The van der Waals surface area contributed by atoms with Gasteiger partial charge in [0.2, 0.25) is 0 Å². The third-order valence-electron chi connectivity index (χ3n) is 6.13. The molecule has 3 aromatic carbocycles. The summed E-state index contributed by atoms with van der Waals surface area (Å²) in [5, 5.41) is 23.5. The third-order valence-corrected chi connectivity index (χ3v) is 6.13. The summed E-state index contributed by atoms with van der Waals surface area (Å²) in [7, 11) is 5.44. The number of aliphatic hydroxyl groups excluding tert-OH is 1. The molecule has 7 heteroatoms. The van der Waals surface area contributed by atoms with Gasteiger partial charge in [0.05, 0.1) is 24.3 Å². The highest BCUT2D eigenvalue weighted by molar-refractivity contribution is 6.46. The van der Waals surface area contributed by atoms with E-state index < -0.39 is 23.5 Å². The van der Waals surface area contributed by atoms with Gasteiger partial charge >= 0.3 is 0 Å². The van der Waals surface area contributed by atoms with Gasteiger partial charge in [-0.15, -0.1) is 0 Å². The Bertz CT molecular complexity index is 1260. The van der Waals surface area contributed by atoms with Gasteiger partial charge in [0.25, 0.3) is 11.7 Å². The van der Waals surface area contributed by atoms with Crippen LogP contribution in [-0.4, -0.2) is 66.0 Å². The van der Waals surface area contributed by atoms with E-state index in [0.29, 0.717) is 29.7 Å². The van der Waals surface area contributed by atoms with E-state index in [9.17, 15) is 19.8 Å². The summed E-state index contributed by atoms with van der Waals surface area (Å²) < 4.78 is 5.24. The number of amides is 1. The fourth-order valence-corrected chi connectivity index (χ4v) is 4.39. The summed E-state index contributed by atoms with van der Waals surface area (Å²) >= 11 is 0. The maximum absolute atomic E-state index is 13.2. The number of Topliss-reactive ketones (excluding diaryl/α,β-unsaturated/α-hetero) is 1. The number of phenolic OH excluding ortho intramolecular Hbond substituents is 1. The minimum Gasteiger partial charge on any atom is -0.507 e. The molecule has 1 amide bonds. The highest BCUT2D eigenvalue weighted by Crippen LogP contribution is 2.42. The van der Waals surface area contributed by atoms with Crippen LogP contribution in [0.5, 0.6) is 11.5 Å². The maximum Gasteiger partial charge on any atom is 0.295 e. The molecule has 176 valence electrons. The Morgan fingerprint density at radius 1 is 1.03 bits per heavy atom. The molecule has 2 N–H and O–H groups in total. The number of benzene rings is 3. The summed E-state index contributed by atoms with van der Waals surface area (Å²) in [5.74, 6) is -1.32. The van der Waals surface area contributed by atoms with Crippen LogP contribution in [0.3, 0.4) is 0 Å². The molecule has 7 nitrogen and oxygen atoms in total. The molecule has 1 aliphatic heterocycles. The molecule has 0 aromatic heterocycles. The minimum absolute atomic E-state index is 0.0365. The highest BCUT2D eigenvalue weighted by Gasteiger charge is 2.46. The average Bonchev–Trinajstić information content (AvgIpc) is 3.09. The molecule has 0 saturated carbocycles. The van der Waals surface area contributed by atoms with Crippen LogP contribution in [0.1, 0.15) is 23.6 Å². The topological polar surface area (TPSA) is 90.3 Å². The molecule has 0 aliphatic carbocycles. The number of carbonyl (C=O) groups excluding carboxylic acids is 2. The van der Waals surface area contributed by atoms with Crippen molar-refractivity contribution < 1.29 is 24.5 Å². The second-order valence-electron chi connectivity index (χ2n) is 8.61. The number of hydrogen-bond donors (Lipinski definition) is 2. The number of ketones is 1. The van der Waals surface area contributed by atoms with Crippen molar-refractivity contribution in [2.24, 2.45) is 0 Å². The van der Waals surface area contributed by atoms with E-state index in [0.717, 1.165) is 11.9 Å². The lowest BCUT2D eigenvalue weighted by molar-refractivity contribution is -0.139. The van der Waals surface area contributed by atoms with Crippen LogP contribution in [-0.2, 0) is 9.59 Å². The van der Waals surface area contributed by atoms with Crippen molar-refractivity contribution in [2.75, 3.05) is 34.3 Å². The van der Waals surface area contributed by atoms with Crippen molar-refractivity contribution in [3.05, 3.63) is 77.4 Å². The quantitative estimate of drug-likeness (QED) is 0.316. The van der Waals surface area contributed by atoms with E-state index >= 15 is 0 Å². The summed E-state index contributed by atoms with van der Waals surface area (Å²) in [6, 6.07) is 16.8. The molecule has 3 aromatic rings. The van der Waals surface area contributed by atoms with Crippen molar-refractivity contribution in [2.45, 2.75) is 12.5 Å². The highest BCUT2D eigenvalue weighted by atomic mass is 16.5. The Balaban J connectivity index is 1.85. The van der Waals surface area contributed by atoms with Crippen LogP contribution < -0.4 is 4.74 Å². The monoisotopic (exact) mass is 460 g/mol. The molecule has 1 fully saturated rings. The molecule has 1 aliphatic rings. The largest absolute Gasteiger partial charge is 0.507 e. The van der Waals surface area contributed by atoms with Crippen molar-refractivity contribution >= 4 is 28.2 Å². The molecular formula is C27H28N2O5. The number of aromatic hydroxyl groups is 1. The predicted molar refractivity (Wildman–Crippen MR) is 131 cm³/mol. The van der Waals surface area contributed by atoms with Gasteiger partial charge in [-0.3, -0.25) is 9.59 Å². The summed E-state index contributed by atoms with van der Waals surface area (Å²) in [6.45, 7) is 1.09. The van der Waals surface area contributed by atoms with Gasteiger partial charge in [-0.05, 0) is 56.2 Å². The van der Waals surface area contributed by atoms with Crippen LogP contribution in [0.25, 0.3) is 16.5 Å². The Kier molecular flexibility index (Phi) is 6.56. The number of fused-ring (bicyclic) bond motifs is 1. The van der Waals surface area contributed by atoms with E-state index in [1.165, 1.54) is 4.90 Å². The first-order chi connectivity index (χ1) is 16.3. The van der Waals surface area contributed by atoms with Crippen LogP contribution in [0.2, 0.25) is 0 Å². The smallest absolute Gasteiger partial charge is 0.295 e. The van der Waals surface area contributed by atoms with Crippen molar-refractivity contribution in [3.8, 4) is 11.5 Å². The molecule has 1 saturated heterocycles. The van der Waals surface area contributed by atoms with E-state index in [4.69, 9.17) is 4.74 Å². The Hall–Kier alpha value is -3.84. The number of methoxy groups -OCH3 is 1. The number of likely N-dealkylation sites (tertiary alicyclic amines) is 1. The SMILES string of the molecule is COc1ccc([C@H]2C(=C(O)c3ccc4ccccc4c3O)C(=O)C(=O)N2CCCN(C)C)cc1. The van der Waals surface area contributed by atoms with Crippen LogP contribution in [0, 0.1) is 0 Å². The van der Waals surface area contributed by atoms with Gasteiger partial charge in [-0.25, -0.2) is 0 Å². The minimum atomic E-state index is -0.779. The molecule has 0 radical (unpaired) electrons. The molecule has 0 spiro atoms. The van der Waals surface area contributed by atoms with Crippen molar-refractivity contribution in [1.29, 1.82) is 0 Å². The first-order valence-corrected chi connectivity index (χ1v) is 11.1. The van der Waals surface area contributed by atoms with E-state index in [-0.39, 0.29) is 16.9 Å². The number of nitrogens with zero attached hydrogens (tertiary/aromatic N) is 2. The number of phenols is 1. The molecule has 1 heterocycles. The first-order valence-electron chi connectivity index (χ1n) is 11.1. The molecule has 0 unspecified atom stereocenters. The fourth-order valence-electron chi connectivity index (χ4n) is 4.39. The number of carbonyl (C=O) groups is 2. The van der Waals surface area contributed by atoms with E-state index in [2.05, 4.69) is 0 Å². The van der Waals surface area contributed by atoms with Crippen molar-refractivity contribution in [1.82, 2.24) is 9.80 Å². The Morgan fingerprint density at radius 3 is 2.41 bits per heavy atom. The zero-order chi connectivity index (χ0) is 24.4. The van der Waals surface area contributed by atoms with Crippen LogP contribution in [0.4, 0.5) is 0 Å². The maximum atomic E-state index is 13.2. The predicted octanol–water partition coefficient (Wildman–Crippen LogP) is 3.93. The van der Waals surface area contributed by atoms with Gasteiger partial charge < -0.3 is 24.7 Å². The normalized spacial score (nSPS) is 17.6. The molecule has 4 rings (SSSR count). The lowest BCUT2D eigenvalue weighted by Gasteiger charge is -2.26. The summed E-state index contributed by atoms with van der Waals surface area (Å²) in [5.41, 5.74) is 0.751. The van der Waals surface area contributed by atoms with Gasteiger partial charge in [0.1, 0.15) is 17.3 Å². The average molecular weight is 461 g/mol. The number of hydrogen-bond acceptors (Lipinski definition) is 6. The van der Waals surface area contributed by atoms with Gasteiger partial charge in [0.15, 0.2) is 0 Å². The van der Waals surface area contributed by atoms with Crippen LogP contribution in [0.15, 0.2) is 66.2 Å². The van der Waals surface area contributed by atoms with Crippen LogP contribution >= 0.6 is 0 Å². The van der Waals surface area contributed by atoms with Crippen molar-refractivity contribution in [3.63, 3.8) is 0 Å². The molecule has 1 atom stereocenters. The van der Waals surface area contributed by atoms with E-state index in [1.807, 2.05) is 31.1 Å². The Labute approximate surface area is 198 Å².